The van der Waals surface area contributed by atoms with E-state index in [-0.39, 0.29) is 0 Å². The topological polar surface area (TPSA) is 33.1 Å². The molecule has 2 unspecified atom stereocenters. The summed E-state index contributed by atoms with van der Waals surface area (Å²) in [5.41, 5.74) is 1.64. The van der Waals surface area contributed by atoms with Gasteiger partial charge in [-0.3, -0.25) is 9.58 Å². The van der Waals surface area contributed by atoms with Gasteiger partial charge in [0.25, 0.3) is 0 Å². The van der Waals surface area contributed by atoms with Crippen LogP contribution in [-0.4, -0.2) is 45.9 Å². The third kappa shape index (κ3) is 3.61. The van der Waals surface area contributed by atoms with E-state index >= 15 is 0 Å². The molecule has 4 nitrogen and oxygen atoms in total. The molecule has 1 aromatic rings. The Kier molecular flexibility index (Phi) is 5.22. The molecule has 0 aromatic carbocycles. The lowest BCUT2D eigenvalue weighted by Crippen LogP contribution is -2.63. The van der Waals surface area contributed by atoms with Crippen molar-refractivity contribution in [2.45, 2.75) is 58.0 Å². The molecule has 0 bridgehead atoms. The lowest BCUT2D eigenvalue weighted by molar-refractivity contribution is 0.0480. The van der Waals surface area contributed by atoms with Crippen molar-refractivity contribution in [2.24, 2.45) is 7.05 Å². The van der Waals surface area contributed by atoms with Crippen LogP contribution in [0.5, 0.6) is 0 Å². The van der Waals surface area contributed by atoms with Gasteiger partial charge in [-0.25, -0.2) is 0 Å². The van der Waals surface area contributed by atoms with E-state index in [1.165, 1.54) is 31.4 Å². The van der Waals surface area contributed by atoms with Crippen molar-refractivity contribution in [3.05, 3.63) is 18.0 Å². The van der Waals surface area contributed by atoms with Crippen LogP contribution >= 0.6 is 0 Å². The number of hydrogen-bond donors (Lipinski definition) is 1. The van der Waals surface area contributed by atoms with Crippen LogP contribution in [0.1, 0.15) is 45.6 Å². The van der Waals surface area contributed by atoms with Crippen molar-refractivity contribution in [3.8, 4) is 0 Å². The summed E-state index contributed by atoms with van der Waals surface area (Å²) in [5.74, 6) is 0. The first kappa shape index (κ1) is 15.5. The summed E-state index contributed by atoms with van der Waals surface area (Å²) in [5, 5.41) is 8.00. The first-order valence-corrected chi connectivity index (χ1v) is 8.03. The number of aryl methyl sites for hydroxylation is 1. The van der Waals surface area contributed by atoms with Crippen LogP contribution in [0.2, 0.25) is 0 Å². The molecular weight excluding hydrogens is 248 g/mol. The Hall–Kier alpha value is -0.870. The summed E-state index contributed by atoms with van der Waals surface area (Å²) in [7, 11) is 1.99. The lowest BCUT2D eigenvalue weighted by Gasteiger charge is -2.48. The molecule has 2 atom stereocenters. The molecule has 20 heavy (non-hydrogen) atoms. The quantitative estimate of drug-likeness (QED) is 0.866. The minimum atomic E-state index is 0.298. The molecule has 1 saturated heterocycles. The summed E-state index contributed by atoms with van der Waals surface area (Å²) in [6, 6.07) is 0.661. The Bertz CT molecular complexity index is 414. The monoisotopic (exact) mass is 278 g/mol. The normalized spacial score (nSPS) is 27.9. The third-order valence-corrected chi connectivity index (χ3v) is 4.80. The summed E-state index contributed by atoms with van der Waals surface area (Å²) in [6.07, 6.45) is 8.97. The van der Waals surface area contributed by atoms with E-state index in [9.17, 15) is 0 Å². The number of nitrogens with one attached hydrogen (secondary N) is 1. The first-order valence-electron chi connectivity index (χ1n) is 8.03. The van der Waals surface area contributed by atoms with Gasteiger partial charge in [0.1, 0.15) is 0 Å². The van der Waals surface area contributed by atoms with E-state index in [0.29, 0.717) is 11.6 Å². The van der Waals surface area contributed by atoms with Crippen molar-refractivity contribution in [1.29, 1.82) is 0 Å². The third-order valence-electron chi connectivity index (χ3n) is 4.80. The van der Waals surface area contributed by atoms with Crippen molar-refractivity contribution in [3.63, 3.8) is 0 Å². The van der Waals surface area contributed by atoms with Crippen molar-refractivity contribution >= 4 is 0 Å². The molecule has 4 heteroatoms. The number of piperazine rings is 1. The predicted octanol–water partition coefficient (Wildman–Crippen LogP) is 2.21. The second-order valence-electron chi connectivity index (χ2n) is 6.44. The average molecular weight is 278 g/mol. The minimum Gasteiger partial charge on any atom is -0.311 e. The van der Waals surface area contributed by atoms with Gasteiger partial charge < -0.3 is 5.32 Å². The van der Waals surface area contributed by atoms with Crippen LogP contribution in [0.4, 0.5) is 0 Å². The van der Waals surface area contributed by atoms with Gasteiger partial charge in [0.2, 0.25) is 0 Å². The molecule has 1 aliphatic rings. The molecule has 2 rings (SSSR count). The zero-order valence-electron chi connectivity index (χ0n) is 13.5. The molecule has 1 fully saturated rings. The molecule has 0 spiro atoms. The van der Waals surface area contributed by atoms with Gasteiger partial charge in [0.05, 0.1) is 6.20 Å². The maximum atomic E-state index is 4.27. The fourth-order valence-corrected chi connectivity index (χ4v) is 3.14. The zero-order valence-corrected chi connectivity index (χ0v) is 13.5. The van der Waals surface area contributed by atoms with Crippen LogP contribution in [0.3, 0.4) is 0 Å². The predicted molar refractivity (Wildman–Crippen MR) is 83.9 cm³/mol. The highest BCUT2D eigenvalue weighted by Gasteiger charge is 2.35. The second kappa shape index (κ2) is 6.72. The van der Waals surface area contributed by atoms with Gasteiger partial charge >= 0.3 is 0 Å². The van der Waals surface area contributed by atoms with E-state index in [0.717, 1.165) is 19.5 Å². The maximum Gasteiger partial charge on any atom is 0.0522 e. The van der Waals surface area contributed by atoms with Crippen molar-refractivity contribution in [1.82, 2.24) is 20.0 Å². The Balaban J connectivity index is 1.96. The molecule has 1 aliphatic heterocycles. The van der Waals surface area contributed by atoms with Crippen LogP contribution in [0.25, 0.3) is 0 Å². The summed E-state index contributed by atoms with van der Waals surface area (Å²) < 4.78 is 1.89. The molecule has 1 N–H and O–H groups in total. The highest BCUT2D eigenvalue weighted by atomic mass is 15.3. The van der Waals surface area contributed by atoms with Gasteiger partial charge in [-0.2, -0.15) is 5.10 Å². The minimum absolute atomic E-state index is 0.298. The van der Waals surface area contributed by atoms with E-state index in [1.807, 2.05) is 17.9 Å². The maximum absolute atomic E-state index is 4.27. The van der Waals surface area contributed by atoms with Gasteiger partial charge in [0.15, 0.2) is 0 Å². The van der Waals surface area contributed by atoms with E-state index < -0.39 is 0 Å². The molecule has 0 aliphatic carbocycles. The average Bonchev–Trinajstić information content (AvgIpc) is 2.85. The highest BCUT2D eigenvalue weighted by molar-refractivity contribution is 5.05. The number of hydrogen-bond acceptors (Lipinski definition) is 3. The van der Waals surface area contributed by atoms with Crippen LogP contribution in [0.15, 0.2) is 12.4 Å². The number of nitrogens with zero attached hydrogens (tertiary/aromatic N) is 3. The molecule has 0 saturated carbocycles. The van der Waals surface area contributed by atoms with Gasteiger partial charge in [-0.15, -0.1) is 0 Å². The fourth-order valence-electron chi connectivity index (χ4n) is 3.14. The molecule has 0 amide bonds. The van der Waals surface area contributed by atoms with Crippen molar-refractivity contribution in [2.75, 3.05) is 19.6 Å². The highest BCUT2D eigenvalue weighted by Crippen LogP contribution is 2.24. The molecule has 114 valence electrons. The SMILES string of the molecule is CCCC1CN(CCc2cnn(C)c2)C(C)(CC)CN1. The largest absolute Gasteiger partial charge is 0.311 e. The number of rotatable bonds is 6. The smallest absolute Gasteiger partial charge is 0.0522 e. The fraction of sp³-hybridized carbons (Fsp3) is 0.812. The van der Waals surface area contributed by atoms with E-state index in [1.54, 1.807) is 0 Å². The van der Waals surface area contributed by atoms with Crippen LogP contribution < -0.4 is 5.32 Å². The standard InChI is InChI=1S/C16H30N4/c1-5-7-15-12-20(16(3,6-2)13-17-15)9-8-14-10-18-19(4)11-14/h10-11,15,17H,5-9,12-13H2,1-4H3. The molecule has 1 aromatic heterocycles. The summed E-state index contributed by atoms with van der Waals surface area (Å²) in [6.45, 7) is 10.4. The first-order chi connectivity index (χ1) is 9.57. The van der Waals surface area contributed by atoms with Gasteiger partial charge in [-0.1, -0.05) is 20.3 Å². The summed E-state index contributed by atoms with van der Waals surface area (Å²) in [4.78, 5) is 2.69. The lowest BCUT2D eigenvalue weighted by atomic mass is 9.90. The Labute approximate surface area is 123 Å². The Morgan fingerprint density at radius 3 is 2.85 bits per heavy atom. The summed E-state index contributed by atoms with van der Waals surface area (Å²) >= 11 is 0. The zero-order chi connectivity index (χ0) is 14.6. The molecule has 2 heterocycles. The van der Waals surface area contributed by atoms with E-state index in [2.05, 4.69) is 42.3 Å². The van der Waals surface area contributed by atoms with Crippen molar-refractivity contribution < 1.29 is 0 Å². The Morgan fingerprint density at radius 1 is 1.45 bits per heavy atom. The van der Waals surface area contributed by atoms with Gasteiger partial charge in [-0.05, 0) is 31.7 Å². The second-order valence-corrected chi connectivity index (χ2v) is 6.44. The molecule has 0 radical (unpaired) electrons. The van der Waals surface area contributed by atoms with E-state index in [4.69, 9.17) is 0 Å². The Morgan fingerprint density at radius 2 is 2.25 bits per heavy atom. The van der Waals surface area contributed by atoms with Gasteiger partial charge in [0, 0.05) is 44.5 Å². The van der Waals surface area contributed by atoms with Crippen LogP contribution in [0, 0.1) is 0 Å². The molecular formula is C16H30N4. The van der Waals surface area contributed by atoms with Crippen LogP contribution in [-0.2, 0) is 13.5 Å². The number of aromatic nitrogens is 2.